The van der Waals surface area contributed by atoms with Crippen molar-refractivity contribution in [1.29, 1.82) is 0 Å². The van der Waals surface area contributed by atoms with Gasteiger partial charge in [0.25, 0.3) is 0 Å². The lowest BCUT2D eigenvalue weighted by molar-refractivity contribution is 0.568. The van der Waals surface area contributed by atoms with E-state index in [2.05, 4.69) is 4.98 Å². The molecular weight excluding hydrogens is 224 g/mol. The molecule has 0 bridgehead atoms. The number of aromatic nitrogens is 1. The van der Waals surface area contributed by atoms with Crippen LogP contribution in [0.2, 0.25) is 0 Å². The van der Waals surface area contributed by atoms with Gasteiger partial charge in [-0.25, -0.2) is 8.42 Å². The molecule has 0 N–H and O–H groups in total. The largest absolute Gasteiger partial charge is 0.273 e. The van der Waals surface area contributed by atoms with E-state index in [1.54, 1.807) is 18.3 Å². The number of pyridine rings is 1. The Morgan fingerprint density at radius 1 is 1.31 bits per heavy atom. The standard InChI is InChI=1S/C11H18N2O2S/c1-11(2,3)10-8-9(6-7-12-10)13(4)16(5,14)15/h6-8H,1-5H3. The quantitative estimate of drug-likeness (QED) is 0.794. The number of hydrogen-bond acceptors (Lipinski definition) is 3. The fourth-order valence-corrected chi connectivity index (χ4v) is 1.71. The van der Waals surface area contributed by atoms with Gasteiger partial charge in [0.2, 0.25) is 10.0 Å². The van der Waals surface area contributed by atoms with Crippen LogP contribution in [0.25, 0.3) is 0 Å². The summed E-state index contributed by atoms with van der Waals surface area (Å²) in [5.41, 5.74) is 1.43. The van der Waals surface area contributed by atoms with Crippen molar-refractivity contribution in [3.05, 3.63) is 24.0 Å². The van der Waals surface area contributed by atoms with Crippen LogP contribution in [0.1, 0.15) is 26.5 Å². The first-order chi connectivity index (χ1) is 7.12. The zero-order valence-electron chi connectivity index (χ0n) is 10.4. The van der Waals surface area contributed by atoms with Crippen molar-refractivity contribution in [3.8, 4) is 0 Å². The molecule has 0 unspecified atom stereocenters. The van der Waals surface area contributed by atoms with Gasteiger partial charge in [0.05, 0.1) is 11.9 Å². The second-order valence-corrected chi connectivity index (χ2v) is 6.89. The molecule has 5 heteroatoms. The molecule has 90 valence electrons. The van der Waals surface area contributed by atoms with E-state index >= 15 is 0 Å². The summed E-state index contributed by atoms with van der Waals surface area (Å²) in [4.78, 5) is 4.25. The van der Waals surface area contributed by atoms with E-state index in [1.807, 2.05) is 20.8 Å². The van der Waals surface area contributed by atoms with Crippen LogP contribution in [0.5, 0.6) is 0 Å². The molecule has 0 aliphatic carbocycles. The molecule has 0 atom stereocenters. The van der Waals surface area contributed by atoms with Crippen LogP contribution in [-0.4, -0.2) is 26.7 Å². The molecule has 0 saturated carbocycles. The third kappa shape index (κ3) is 2.95. The molecule has 16 heavy (non-hydrogen) atoms. The zero-order valence-corrected chi connectivity index (χ0v) is 11.2. The zero-order chi connectivity index (χ0) is 12.6. The number of hydrogen-bond donors (Lipinski definition) is 0. The summed E-state index contributed by atoms with van der Waals surface area (Å²) in [5, 5.41) is 0. The Bertz CT molecular complexity index is 475. The molecule has 0 aliphatic heterocycles. The topological polar surface area (TPSA) is 50.3 Å². The van der Waals surface area contributed by atoms with Crippen molar-refractivity contribution in [2.75, 3.05) is 17.6 Å². The molecule has 0 saturated heterocycles. The Morgan fingerprint density at radius 3 is 2.31 bits per heavy atom. The van der Waals surface area contributed by atoms with Crippen LogP contribution < -0.4 is 4.31 Å². The summed E-state index contributed by atoms with van der Waals surface area (Å²) in [6, 6.07) is 3.50. The maximum absolute atomic E-state index is 11.4. The highest BCUT2D eigenvalue weighted by atomic mass is 32.2. The van der Waals surface area contributed by atoms with Crippen molar-refractivity contribution in [3.63, 3.8) is 0 Å². The minimum absolute atomic E-state index is 0.0889. The Balaban J connectivity index is 3.19. The predicted molar refractivity (Wildman–Crippen MR) is 66.2 cm³/mol. The number of rotatable bonds is 2. The van der Waals surface area contributed by atoms with Crippen molar-refractivity contribution in [2.45, 2.75) is 26.2 Å². The van der Waals surface area contributed by atoms with Gasteiger partial charge < -0.3 is 0 Å². The molecule has 0 radical (unpaired) electrons. The number of anilines is 1. The van der Waals surface area contributed by atoms with E-state index in [-0.39, 0.29) is 5.41 Å². The minimum atomic E-state index is -3.21. The third-order valence-corrected chi connectivity index (χ3v) is 3.58. The molecule has 1 rings (SSSR count). The molecule has 0 spiro atoms. The van der Waals surface area contributed by atoms with E-state index in [9.17, 15) is 8.42 Å². The van der Waals surface area contributed by atoms with Gasteiger partial charge in [-0.3, -0.25) is 9.29 Å². The molecule has 0 fully saturated rings. The van der Waals surface area contributed by atoms with E-state index in [0.29, 0.717) is 5.69 Å². The fourth-order valence-electron chi connectivity index (χ4n) is 1.22. The molecule has 1 aromatic rings. The first kappa shape index (κ1) is 13.0. The van der Waals surface area contributed by atoms with E-state index in [4.69, 9.17) is 0 Å². The smallest absolute Gasteiger partial charge is 0.231 e. The Kier molecular flexibility index (Phi) is 3.28. The Labute approximate surface area is 97.4 Å². The third-order valence-electron chi connectivity index (χ3n) is 2.37. The summed E-state index contributed by atoms with van der Waals surface area (Å²) in [6.07, 6.45) is 2.82. The van der Waals surface area contributed by atoms with Crippen LogP contribution in [0.15, 0.2) is 18.3 Å². The van der Waals surface area contributed by atoms with Gasteiger partial charge in [0, 0.05) is 24.4 Å². The SMILES string of the molecule is CN(c1ccnc(C(C)(C)C)c1)S(C)(=O)=O. The monoisotopic (exact) mass is 242 g/mol. The van der Waals surface area contributed by atoms with Gasteiger partial charge in [-0.05, 0) is 12.1 Å². The van der Waals surface area contributed by atoms with Crippen LogP contribution >= 0.6 is 0 Å². The number of sulfonamides is 1. The van der Waals surface area contributed by atoms with Crippen LogP contribution in [-0.2, 0) is 15.4 Å². The fraction of sp³-hybridized carbons (Fsp3) is 0.545. The summed E-state index contributed by atoms with van der Waals surface area (Å²) in [7, 11) is -1.67. The van der Waals surface area contributed by atoms with Crippen molar-refractivity contribution >= 4 is 15.7 Å². The predicted octanol–water partition coefficient (Wildman–Crippen LogP) is 1.77. The molecule has 1 heterocycles. The molecule has 0 amide bonds. The summed E-state index contributed by atoms with van der Waals surface area (Å²) in [5.74, 6) is 0. The van der Waals surface area contributed by atoms with Gasteiger partial charge >= 0.3 is 0 Å². The molecular formula is C11H18N2O2S. The van der Waals surface area contributed by atoms with Gasteiger partial charge in [-0.1, -0.05) is 20.8 Å². The lowest BCUT2D eigenvalue weighted by Gasteiger charge is -2.21. The molecule has 0 aromatic carbocycles. The van der Waals surface area contributed by atoms with E-state index in [1.165, 1.54) is 17.6 Å². The highest BCUT2D eigenvalue weighted by Crippen LogP contribution is 2.24. The van der Waals surface area contributed by atoms with Crippen molar-refractivity contribution in [2.24, 2.45) is 0 Å². The van der Waals surface area contributed by atoms with Gasteiger partial charge in [0.15, 0.2) is 0 Å². The maximum Gasteiger partial charge on any atom is 0.231 e. The van der Waals surface area contributed by atoms with Crippen molar-refractivity contribution < 1.29 is 8.42 Å². The average molecular weight is 242 g/mol. The van der Waals surface area contributed by atoms with E-state index < -0.39 is 10.0 Å². The summed E-state index contributed by atoms with van der Waals surface area (Å²) >= 11 is 0. The van der Waals surface area contributed by atoms with Crippen LogP contribution in [0.4, 0.5) is 5.69 Å². The van der Waals surface area contributed by atoms with Gasteiger partial charge in [-0.2, -0.15) is 0 Å². The Hall–Kier alpha value is -1.10. The van der Waals surface area contributed by atoms with Gasteiger partial charge in [0.1, 0.15) is 0 Å². The second-order valence-electron chi connectivity index (χ2n) is 4.88. The Morgan fingerprint density at radius 2 is 1.88 bits per heavy atom. The maximum atomic E-state index is 11.4. The molecule has 4 nitrogen and oxygen atoms in total. The first-order valence-corrected chi connectivity index (χ1v) is 6.87. The normalized spacial score (nSPS) is 12.6. The lowest BCUT2D eigenvalue weighted by atomic mass is 9.91. The van der Waals surface area contributed by atoms with Crippen LogP contribution in [0, 0.1) is 0 Å². The van der Waals surface area contributed by atoms with Crippen LogP contribution in [0.3, 0.4) is 0 Å². The lowest BCUT2D eigenvalue weighted by Crippen LogP contribution is -2.25. The average Bonchev–Trinajstić information content (AvgIpc) is 2.14. The highest BCUT2D eigenvalue weighted by Gasteiger charge is 2.18. The summed E-state index contributed by atoms with van der Waals surface area (Å²) < 4.78 is 24.1. The highest BCUT2D eigenvalue weighted by molar-refractivity contribution is 7.92. The second kappa shape index (κ2) is 4.05. The molecule has 1 aromatic heterocycles. The van der Waals surface area contributed by atoms with E-state index in [0.717, 1.165) is 5.69 Å². The van der Waals surface area contributed by atoms with Crippen molar-refractivity contribution in [1.82, 2.24) is 4.98 Å². The number of nitrogens with zero attached hydrogens (tertiary/aromatic N) is 2. The van der Waals surface area contributed by atoms with Gasteiger partial charge in [-0.15, -0.1) is 0 Å². The minimum Gasteiger partial charge on any atom is -0.273 e. The first-order valence-electron chi connectivity index (χ1n) is 5.03. The molecule has 0 aliphatic rings. The summed E-state index contributed by atoms with van der Waals surface area (Å²) in [6.45, 7) is 6.12.